The summed E-state index contributed by atoms with van der Waals surface area (Å²) in [5.41, 5.74) is 1.57. The molecule has 2 N–H and O–H groups in total. The molecule has 2 heterocycles. The highest BCUT2D eigenvalue weighted by Crippen LogP contribution is 2.25. The van der Waals surface area contributed by atoms with Gasteiger partial charge < -0.3 is 5.32 Å². The molecule has 0 saturated heterocycles. The molecule has 0 radical (unpaired) electrons. The Morgan fingerprint density at radius 3 is 2.85 bits per heavy atom. The number of carbonyl (C=O) groups is 1. The summed E-state index contributed by atoms with van der Waals surface area (Å²) in [6.07, 6.45) is 3.21. The second-order valence-electron chi connectivity index (χ2n) is 4.08. The lowest BCUT2D eigenvalue weighted by Crippen LogP contribution is -2.12. The van der Waals surface area contributed by atoms with Gasteiger partial charge in [0.05, 0.1) is 20.9 Å². The van der Waals surface area contributed by atoms with E-state index >= 15 is 0 Å². The van der Waals surface area contributed by atoms with E-state index in [0.717, 1.165) is 5.52 Å². The number of nitrogens with zero attached hydrogens (tertiary/aromatic N) is 2. The van der Waals surface area contributed by atoms with Crippen LogP contribution in [0.25, 0.3) is 10.9 Å². The van der Waals surface area contributed by atoms with Crippen molar-refractivity contribution in [2.24, 2.45) is 0 Å². The van der Waals surface area contributed by atoms with Crippen LogP contribution in [0.15, 0.2) is 36.7 Å². The number of aromatic nitrogens is 3. The molecule has 0 bridgehead atoms. The molecule has 2 aromatic heterocycles. The summed E-state index contributed by atoms with van der Waals surface area (Å²) in [5.74, 6) is -0.345. The van der Waals surface area contributed by atoms with Gasteiger partial charge in [0.25, 0.3) is 5.91 Å². The third-order valence-electron chi connectivity index (χ3n) is 2.76. The average Bonchev–Trinajstić information content (AvgIpc) is 2.87. The molecule has 3 aromatic rings. The smallest absolute Gasteiger partial charge is 0.276 e. The van der Waals surface area contributed by atoms with Crippen LogP contribution in [0.3, 0.4) is 0 Å². The maximum absolute atomic E-state index is 12.2. The Morgan fingerprint density at radius 1 is 1.20 bits per heavy atom. The second-order valence-corrected chi connectivity index (χ2v) is 4.89. The van der Waals surface area contributed by atoms with E-state index in [4.69, 9.17) is 23.2 Å². The van der Waals surface area contributed by atoms with Crippen LogP contribution in [0, 0.1) is 0 Å². The van der Waals surface area contributed by atoms with Crippen LogP contribution in [0.5, 0.6) is 0 Å². The van der Waals surface area contributed by atoms with Crippen molar-refractivity contribution in [1.82, 2.24) is 15.2 Å². The number of nitrogens with one attached hydrogen (secondary N) is 2. The standard InChI is InChI=1S/C13H8Cl2N4O/c14-9-2-1-7(5-10(9)15)17-13(20)12-8-6-16-4-3-11(8)18-19-12/h1-6H,(H,17,20)(H,18,19). The van der Waals surface area contributed by atoms with E-state index in [0.29, 0.717) is 21.1 Å². The van der Waals surface area contributed by atoms with Gasteiger partial charge in [-0.25, -0.2) is 0 Å². The summed E-state index contributed by atoms with van der Waals surface area (Å²) in [7, 11) is 0. The number of rotatable bonds is 2. The fourth-order valence-corrected chi connectivity index (χ4v) is 2.09. The topological polar surface area (TPSA) is 70.7 Å². The summed E-state index contributed by atoms with van der Waals surface area (Å²) in [5, 5.41) is 10.9. The van der Waals surface area contributed by atoms with Crippen molar-refractivity contribution in [2.75, 3.05) is 5.32 Å². The first-order valence-corrected chi connectivity index (χ1v) is 6.45. The van der Waals surface area contributed by atoms with Gasteiger partial charge in [0.1, 0.15) is 0 Å². The third-order valence-corrected chi connectivity index (χ3v) is 3.50. The van der Waals surface area contributed by atoms with Crippen LogP contribution in [0.4, 0.5) is 5.69 Å². The minimum absolute atomic E-state index is 0.277. The lowest BCUT2D eigenvalue weighted by atomic mass is 10.2. The van der Waals surface area contributed by atoms with E-state index in [1.165, 1.54) is 0 Å². The molecule has 0 spiro atoms. The predicted octanol–water partition coefficient (Wildman–Crippen LogP) is 3.52. The van der Waals surface area contributed by atoms with Gasteiger partial charge in [-0.15, -0.1) is 0 Å². The van der Waals surface area contributed by atoms with Crippen molar-refractivity contribution >= 4 is 45.7 Å². The normalized spacial score (nSPS) is 10.7. The fourth-order valence-electron chi connectivity index (χ4n) is 1.79. The monoisotopic (exact) mass is 306 g/mol. The summed E-state index contributed by atoms with van der Waals surface area (Å²) >= 11 is 11.7. The lowest BCUT2D eigenvalue weighted by Gasteiger charge is -2.04. The number of amides is 1. The number of H-pyrrole nitrogens is 1. The van der Waals surface area contributed by atoms with Crippen molar-refractivity contribution in [3.05, 3.63) is 52.4 Å². The molecule has 0 aliphatic carbocycles. The van der Waals surface area contributed by atoms with Crippen molar-refractivity contribution in [3.8, 4) is 0 Å². The number of fused-ring (bicyclic) bond motifs is 1. The summed E-state index contributed by atoms with van der Waals surface area (Å²) < 4.78 is 0. The van der Waals surface area contributed by atoms with Crippen LogP contribution >= 0.6 is 23.2 Å². The quantitative estimate of drug-likeness (QED) is 0.761. The Kier molecular flexibility index (Phi) is 3.30. The molecule has 0 aliphatic heterocycles. The minimum Gasteiger partial charge on any atom is -0.321 e. The van der Waals surface area contributed by atoms with E-state index in [9.17, 15) is 4.79 Å². The molecule has 20 heavy (non-hydrogen) atoms. The maximum atomic E-state index is 12.2. The Morgan fingerprint density at radius 2 is 2.05 bits per heavy atom. The predicted molar refractivity (Wildman–Crippen MR) is 78.3 cm³/mol. The Labute approximate surface area is 123 Å². The number of halogens is 2. The number of aromatic amines is 1. The molecule has 5 nitrogen and oxygen atoms in total. The zero-order valence-electron chi connectivity index (χ0n) is 10.0. The van der Waals surface area contributed by atoms with Crippen molar-refractivity contribution < 1.29 is 4.79 Å². The Bertz CT molecular complexity index is 800. The molecular formula is C13H8Cl2N4O. The lowest BCUT2D eigenvalue weighted by molar-refractivity contribution is 0.102. The third kappa shape index (κ3) is 2.33. The van der Waals surface area contributed by atoms with Gasteiger partial charge in [-0.05, 0) is 24.3 Å². The van der Waals surface area contributed by atoms with Gasteiger partial charge >= 0.3 is 0 Å². The molecule has 0 fully saturated rings. The van der Waals surface area contributed by atoms with Gasteiger partial charge in [0.2, 0.25) is 0 Å². The van der Waals surface area contributed by atoms with Crippen molar-refractivity contribution in [2.45, 2.75) is 0 Å². The minimum atomic E-state index is -0.345. The largest absolute Gasteiger partial charge is 0.321 e. The molecular weight excluding hydrogens is 299 g/mol. The van der Waals surface area contributed by atoms with Crippen LogP contribution in [-0.2, 0) is 0 Å². The number of carbonyl (C=O) groups excluding carboxylic acids is 1. The number of anilines is 1. The van der Waals surface area contributed by atoms with Crippen molar-refractivity contribution in [1.29, 1.82) is 0 Å². The zero-order valence-corrected chi connectivity index (χ0v) is 11.5. The molecule has 0 aliphatic rings. The van der Waals surface area contributed by atoms with Gasteiger partial charge in [0, 0.05) is 18.1 Å². The first-order chi connectivity index (χ1) is 9.65. The molecule has 0 atom stereocenters. The van der Waals surface area contributed by atoms with Crippen molar-refractivity contribution in [3.63, 3.8) is 0 Å². The summed E-state index contributed by atoms with van der Waals surface area (Å²) in [6, 6.07) is 6.61. The van der Waals surface area contributed by atoms with Crippen LogP contribution in [0.1, 0.15) is 10.5 Å². The number of hydrogen-bond acceptors (Lipinski definition) is 3. The average molecular weight is 307 g/mol. The van der Waals surface area contributed by atoms with E-state index < -0.39 is 0 Å². The van der Waals surface area contributed by atoms with Crippen LogP contribution in [0.2, 0.25) is 10.0 Å². The van der Waals surface area contributed by atoms with Gasteiger partial charge in [-0.2, -0.15) is 5.10 Å². The highest BCUT2D eigenvalue weighted by molar-refractivity contribution is 6.42. The maximum Gasteiger partial charge on any atom is 0.276 e. The Hall–Kier alpha value is -2.11. The van der Waals surface area contributed by atoms with Gasteiger partial charge in [0.15, 0.2) is 5.69 Å². The highest BCUT2D eigenvalue weighted by atomic mass is 35.5. The first kappa shape index (κ1) is 12.9. The van der Waals surface area contributed by atoms with Crippen LogP contribution in [-0.4, -0.2) is 21.1 Å². The molecule has 3 rings (SSSR count). The SMILES string of the molecule is O=C(Nc1ccc(Cl)c(Cl)c1)c1n[nH]c2ccncc12. The van der Waals surface area contributed by atoms with E-state index in [-0.39, 0.29) is 11.6 Å². The van der Waals surface area contributed by atoms with Gasteiger partial charge in [-0.3, -0.25) is 14.9 Å². The number of hydrogen-bond donors (Lipinski definition) is 2. The second kappa shape index (κ2) is 5.11. The van der Waals surface area contributed by atoms with E-state index in [1.807, 2.05) is 0 Å². The fraction of sp³-hybridized carbons (Fsp3) is 0. The molecule has 7 heteroatoms. The van der Waals surface area contributed by atoms with Crippen LogP contribution < -0.4 is 5.32 Å². The molecule has 100 valence electrons. The zero-order chi connectivity index (χ0) is 14.1. The first-order valence-electron chi connectivity index (χ1n) is 5.69. The van der Waals surface area contributed by atoms with E-state index in [1.54, 1.807) is 36.7 Å². The highest BCUT2D eigenvalue weighted by Gasteiger charge is 2.14. The number of benzene rings is 1. The molecule has 1 aromatic carbocycles. The molecule has 0 saturated carbocycles. The molecule has 1 amide bonds. The summed E-state index contributed by atoms with van der Waals surface area (Å²) in [6.45, 7) is 0. The molecule has 0 unspecified atom stereocenters. The Balaban J connectivity index is 1.91. The van der Waals surface area contributed by atoms with Gasteiger partial charge in [-0.1, -0.05) is 23.2 Å². The summed E-state index contributed by atoms with van der Waals surface area (Å²) in [4.78, 5) is 16.2. The number of pyridine rings is 1. The van der Waals surface area contributed by atoms with E-state index in [2.05, 4.69) is 20.5 Å².